The van der Waals surface area contributed by atoms with E-state index in [1.54, 1.807) is 42.5 Å². The lowest BCUT2D eigenvalue weighted by molar-refractivity contribution is -0.384. The van der Waals surface area contributed by atoms with Gasteiger partial charge in [-0.05, 0) is 35.9 Å². The molecule has 0 aliphatic carbocycles. The van der Waals surface area contributed by atoms with E-state index in [1.807, 2.05) is 30.3 Å². The predicted octanol–water partition coefficient (Wildman–Crippen LogP) is 4.66. The van der Waals surface area contributed by atoms with Crippen LogP contribution in [0.4, 0.5) is 11.4 Å². The number of hydrogen-bond donors (Lipinski definition) is 1. The van der Waals surface area contributed by atoms with Gasteiger partial charge in [-0.15, -0.1) is 0 Å². The molecule has 29 heavy (non-hydrogen) atoms. The molecular weight excluding hydrogens is 370 g/mol. The maximum absolute atomic E-state index is 12.1. The minimum absolute atomic E-state index is 0.000319. The lowest BCUT2D eigenvalue weighted by Crippen LogP contribution is -2.05. The second-order valence-corrected chi connectivity index (χ2v) is 5.88. The highest BCUT2D eigenvalue weighted by Gasteiger charge is 2.06. The first kappa shape index (κ1) is 19.5. The fraction of sp³-hybridized carbons (Fsp3) is 0. The molecule has 0 bridgehead atoms. The van der Waals surface area contributed by atoms with Crippen LogP contribution in [0.3, 0.4) is 0 Å². The Morgan fingerprint density at radius 3 is 2.38 bits per heavy atom. The third-order valence-corrected chi connectivity index (χ3v) is 3.82. The standard InChI is InChI=1S/C22H17N3O4/c26-22(15-10-17-6-2-1-3-7-17)29-21-9-5-4-8-18(21)16-23-24-19-11-13-20(14-12-19)25(27)28/h1-16,24H. The first-order chi connectivity index (χ1) is 14.1. The number of nitrogens with one attached hydrogen (secondary N) is 1. The fourth-order valence-electron chi connectivity index (χ4n) is 2.38. The van der Waals surface area contributed by atoms with Gasteiger partial charge in [0.05, 0.1) is 16.8 Å². The second kappa shape index (κ2) is 9.61. The van der Waals surface area contributed by atoms with Crippen LogP contribution < -0.4 is 10.2 Å². The molecule has 0 aromatic heterocycles. The van der Waals surface area contributed by atoms with Gasteiger partial charge in [-0.25, -0.2) is 4.79 Å². The zero-order valence-electron chi connectivity index (χ0n) is 15.3. The van der Waals surface area contributed by atoms with E-state index in [2.05, 4.69) is 10.5 Å². The van der Waals surface area contributed by atoms with Crippen LogP contribution >= 0.6 is 0 Å². The van der Waals surface area contributed by atoms with Crippen LogP contribution in [-0.4, -0.2) is 17.1 Å². The Bertz CT molecular complexity index is 1050. The molecule has 0 amide bonds. The molecule has 0 spiro atoms. The summed E-state index contributed by atoms with van der Waals surface area (Å²) < 4.78 is 5.39. The van der Waals surface area contributed by atoms with Crippen molar-refractivity contribution in [2.24, 2.45) is 5.10 Å². The van der Waals surface area contributed by atoms with E-state index in [1.165, 1.54) is 24.4 Å². The van der Waals surface area contributed by atoms with Crippen molar-refractivity contribution >= 4 is 29.6 Å². The van der Waals surface area contributed by atoms with Crippen LogP contribution in [0.2, 0.25) is 0 Å². The van der Waals surface area contributed by atoms with Crippen molar-refractivity contribution in [3.05, 3.63) is 106 Å². The number of nitro groups is 1. The van der Waals surface area contributed by atoms with Crippen molar-refractivity contribution in [3.63, 3.8) is 0 Å². The number of benzene rings is 3. The first-order valence-corrected chi connectivity index (χ1v) is 8.69. The van der Waals surface area contributed by atoms with Crippen molar-refractivity contribution in [2.45, 2.75) is 0 Å². The van der Waals surface area contributed by atoms with Crippen molar-refractivity contribution in [1.29, 1.82) is 0 Å². The maximum atomic E-state index is 12.1. The first-order valence-electron chi connectivity index (χ1n) is 8.69. The number of non-ortho nitro benzene ring substituents is 1. The van der Waals surface area contributed by atoms with Crippen molar-refractivity contribution in [1.82, 2.24) is 0 Å². The van der Waals surface area contributed by atoms with Crippen molar-refractivity contribution in [3.8, 4) is 5.75 Å². The molecule has 0 radical (unpaired) electrons. The molecule has 7 nitrogen and oxygen atoms in total. The Morgan fingerprint density at radius 1 is 0.966 bits per heavy atom. The number of nitro benzene ring substituents is 1. The number of carbonyl (C=O) groups excluding carboxylic acids is 1. The Balaban J connectivity index is 1.63. The molecule has 0 fully saturated rings. The van der Waals surface area contributed by atoms with Gasteiger partial charge in [-0.3, -0.25) is 15.5 Å². The predicted molar refractivity (Wildman–Crippen MR) is 112 cm³/mol. The summed E-state index contributed by atoms with van der Waals surface area (Å²) in [6.07, 6.45) is 4.54. The minimum Gasteiger partial charge on any atom is -0.423 e. The van der Waals surface area contributed by atoms with Gasteiger partial charge in [-0.2, -0.15) is 5.10 Å². The average Bonchev–Trinajstić information content (AvgIpc) is 2.74. The highest BCUT2D eigenvalue weighted by atomic mass is 16.6. The van der Waals surface area contributed by atoms with Gasteiger partial charge < -0.3 is 4.74 Å². The smallest absolute Gasteiger partial charge is 0.336 e. The molecule has 3 rings (SSSR count). The number of ether oxygens (including phenoxy) is 1. The Hall–Kier alpha value is -4.26. The summed E-state index contributed by atoms with van der Waals surface area (Å²) in [5.74, 6) is -0.137. The van der Waals surface area contributed by atoms with Crippen molar-refractivity contribution in [2.75, 3.05) is 5.43 Å². The van der Waals surface area contributed by atoms with E-state index >= 15 is 0 Å². The SMILES string of the molecule is O=C(C=Cc1ccccc1)Oc1ccccc1C=NNc1ccc([N+](=O)[O-])cc1. The number of nitrogens with zero attached hydrogens (tertiary/aromatic N) is 2. The van der Waals surface area contributed by atoms with Gasteiger partial charge in [-0.1, -0.05) is 42.5 Å². The molecule has 0 saturated carbocycles. The molecule has 0 unspecified atom stereocenters. The van der Waals surface area contributed by atoms with Crippen molar-refractivity contribution < 1.29 is 14.5 Å². The zero-order valence-corrected chi connectivity index (χ0v) is 15.3. The van der Waals surface area contributed by atoms with E-state index in [0.717, 1.165) is 5.56 Å². The van der Waals surface area contributed by atoms with Crippen LogP contribution in [0, 0.1) is 10.1 Å². The molecule has 3 aromatic rings. The van der Waals surface area contributed by atoms with Gasteiger partial charge in [0.1, 0.15) is 5.75 Å². The summed E-state index contributed by atoms with van der Waals surface area (Å²) in [5, 5.41) is 14.8. The fourth-order valence-corrected chi connectivity index (χ4v) is 2.38. The van der Waals surface area contributed by atoms with Gasteiger partial charge >= 0.3 is 5.97 Å². The Kier molecular flexibility index (Phi) is 6.46. The number of hydrogen-bond acceptors (Lipinski definition) is 6. The van der Waals surface area contributed by atoms with Gasteiger partial charge in [0.2, 0.25) is 0 Å². The summed E-state index contributed by atoms with van der Waals surface area (Å²) in [5.41, 5.74) is 4.86. The van der Waals surface area contributed by atoms with Crippen LogP contribution in [0.1, 0.15) is 11.1 Å². The summed E-state index contributed by atoms with van der Waals surface area (Å²) in [7, 11) is 0. The third kappa shape index (κ3) is 5.86. The molecule has 0 saturated heterocycles. The van der Waals surface area contributed by atoms with Crippen LogP contribution in [0.5, 0.6) is 5.75 Å². The molecule has 0 heterocycles. The molecule has 1 N–H and O–H groups in total. The van der Waals surface area contributed by atoms with Crippen LogP contribution in [0.15, 0.2) is 90.0 Å². The van der Waals surface area contributed by atoms with E-state index < -0.39 is 10.9 Å². The Morgan fingerprint density at radius 2 is 1.66 bits per heavy atom. The highest BCUT2D eigenvalue weighted by Crippen LogP contribution is 2.18. The van der Waals surface area contributed by atoms with E-state index in [0.29, 0.717) is 17.0 Å². The summed E-state index contributed by atoms with van der Waals surface area (Å²) in [6.45, 7) is 0. The zero-order chi connectivity index (χ0) is 20.5. The van der Waals surface area contributed by atoms with E-state index in [4.69, 9.17) is 4.74 Å². The number of anilines is 1. The lowest BCUT2D eigenvalue weighted by atomic mass is 10.2. The topological polar surface area (TPSA) is 93.8 Å². The number of hydrazone groups is 1. The summed E-state index contributed by atoms with van der Waals surface area (Å²) >= 11 is 0. The molecule has 144 valence electrons. The Labute approximate surface area is 167 Å². The van der Waals surface area contributed by atoms with Gasteiger partial charge in [0.15, 0.2) is 0 Å². The summed E-state index contributed by atoms with van der Waals surface area (Å²) in [6, 6.07) is 22.3. The summed E-state index contributed by atoms with van der Waals surface area (Å²) in [4.78, 5) is 22.3. The molecule has 3 aromatic carbocycles. The van der Waals surface area contributed by atoms with Gasteiger partial charge in [0, 0.05) is 23.8 Å². The van der Waals surface area contributed by atoms with E-state index in [-0.39, 0.29) is 5.69 Å². The number of para-hydroxylation sites is 1. The normalized spacial score (nSPS) is 10.9. The van der Waals surface area contributed by atoms with Crippen LogP contribution in [-0.2, 0) is 4.79 Å². The highest BCUT2D eigenvalue weighted by molar-refractivity contribution is 5.91. The third-order valence-electron chi connectivity index (χ3n) is 3.82. The van der Waals surface area contributed by atoms with Gasteiger partial charge in [0.25, 0.3) is 5.69 Å². The monoisotopic (exact) mass is 387 g/mol. The lowest BCUT2D eigenvalue weighted by Gasteiger charge is -2.05. The molecule has 0 aliphatic heterocycles. The quantitative estimate of drug-likeness (QED) is 0.159. The second-order valence-electron chi connectivity index (χ2n) is 5.88. The van der Waals surface area contributed by atoms with Crippen LogP contribution in [0.25, 0.3) is 6.08 Å². The number of carbonyl (C=O) groups is 1. The molecular formula is C22H17N3O4. The average molecular weight is 387 g/mol. The largest absolute Gasteiger partial charge is 0.423 e. The number of rotatable bonds is 7. The molecule has 7 heteroatoms. The maximum Gasteiger partial charge on any atom is 0.336 e. The number of esters is 1. The molecule has 0 aliphatic rings. The molecule has 0 atom stereocenters. The minimum atomic E-state index is -0.502. The van der Waals surface area contributed by atoms with E-state index in [9.17, 15) is 14.9 Å².